The Labute approximate surface area is 69.3 Å². The van der Waals surface area contributed by atoms with Crippen LogP contribution in [0, 0.1) is 0 Å². The van der Waals surface area contributed by atoms with E-state index in [-0.39, 0.29) is 0 Å². The van der Waals surface area contributed by atoms with E-state index in [1.807, 2.05) is 0 Å². The summed E-state index contributed by atoms with van der Waals surface area (Å²) in [5.41, 5.74) is 0. The minimum atomic E-state index is -1.25. The average molecular weight is 175 g/mol. The van der Waals surface area contributed by atoms with Crippen molar-refractivity contribution in [1.82, 2.24) is 4.90 Å². The van der Waals surface area contributed by atoms with Crippen molar-refractivity contribution in [1.29, 1.82) is 0 Å². The lowest BCUT2D eigenvalue weighted by Gasteiger charge is -2.12. The molecule has 1 aliphatic rings. The van der Waals surface area contributed by atoms with E-state index < -0.39 is 18.7 Å². The van der Waals surface area contributed by atoms with E-state index >= 15 is 0 Å². The third kappa shape index (κ3) is 2.18. The number of esters is 1. The van der Waals surface area contributed by atoms with Crippen molar-refractivity contribution in [2.45, 2.75) is 12.8 Å². The number of hydrogen-bond donors (Lipinski definition) is 0. The minimum absolute atomic E-state index is 0.596. The van der Waals surface area contributed by atoms with Gasteiger partial charge in [0.15, 0.2) is 6.67 Å². The minimum Gasteiger partial charge on any atom is -0.374 e. The van der Waals surface area contributed by atoms with Crippen LogP contribution in [0.3, 0.4) is 0 Å². The molecule has 4 nitrogen and oxygen atoms in total. The van der Waals surface area contributed by atoms with Crippen molar-refractivity contribution in [2.24, 2.45) is 0 Å². The first-order chi connectivity index (χ1) is 5.74. The Morgan fingerprint density at radius 2 is 1.92 bits per heavy atom. The maximum atomic E-state index is 11.6. The lowest BCUT2D eigenvalue weighted by Crippen LogP contribution is -2.30. The van der Waals surface area contributed by atoms with E-state index in [0.717, 1.165) is 12.8 Å². The van der Waals surface area contributed by atoms with Crippen LogP contribution in [0.1, 0.15) is 12.8 Å². The van der Waals surface area contributed by atoms with E-state index in [2.05, 4.69) is 4.74 Å². The van der Waals surface area contributed by atoms with E-state index in [0.29, 0.717) is 13.1 Å². The van der Waals surface area contributed by atoms with Crippen molar-refractivity contribution in [3.8, 4) is 0 Å². The van der Waals surface area contributed by atoms with Crippen LogP contribution < -0.4 is 0 Å². The number of hydrogen-bond acceptors (Lipinski definition) is 3. The van der Waals surface area contributed by atoms with Gasteiger partial charge in [-0.2, -0.15) is 0 Å². The molecule has 1 aliphatic heterocycles. The van der Waals surface area contributed by atoms with Crippen LogP contribution in [-0.4, -0.2) is 36.7 Å². The summed E-state index contributed by atoms with van der Waals surface area (Å²) < 4.78 is 15.7. The van der Waals surface area contributed by atoms with Gasteiger partial charge in [0.1, 0.15) is 0 Å². The molecule has 0 aliphatic carbocycles. The van der Waals surface area contributed by atoms with Crippen LogP contribution in [0.4, 0.5) is 9.18 Å². The zero-order valence-corrected chi connectivity index (χ0v) is 6.59. The number of likely N-dealkylation sites (tertiary alicyclic amines) is 1. The first-order valence-corrected chi connectivity index (χ1v) is 3.79. The Hall–Kier alpha value is -1.13. The monoisotopic (exact) mass is 175 g/mol. The van der Waals surface area contributed by atoms with Gasteiger partial charge in [-0.05, 0) is 12.8 Å². The van der Waals surface area contributed by atoms with Gasteiger partial charge in [-0.3, -0.25) is 0 Å². The standard InChI is InChI=1S/C7H10FNO3/c8-5-6(10)12-7(11)9-3-1-2-4-9/h1-5H2. The molecule has 0 aromatic heterocycles. The predicted octanol–water partition coefficient (Wildman–Crippen LogP) is 0.715. The molecule has 0 N–H and O–H groups in total. The van der Waals surface area contributed by atoms with Gasteiger partial charge in [-0.25, -0.2) is 14.0 Å². The van der Waals surface area contributed by atoms with Crippen LogP contribution in [0.15, 0.2) is 0 Å². The summed E-state index contributed by atoms with van der Waals surface area (Å²) in [5.74, 6) is -1.12. The molecule has 1 rings (SSSR count). The second-order valence-corrected chi connectivity index (χ2v) is 2.57. The molecule has 12 heavy (non-hydrogen) atoms. The SMILES string of the molecule is O=C(CF)OC(=O)N1CCCC1. The molecule has 1 saturated heterocycles. The van der Waals surface area contributed by atoms with Crippen LogP contribution in [0.5, 0.6) is 0 Å². The van der Waals surface area contributed by atoms with Gasteiger partial charge in [0.05, 0.1) is 0 Å². The predicted molar refractivity (Wildman–Crippen MR) is 38.3 cm³/mol. The molecule has 1 amide bonds. The zero-order valence-electron chi connectivity index (χ0n) is 6.59. The number of carbonyl (C=O) groups is 2. The molecule has 0 atom stereocenters. The highest BCUT2D eigenvalue weighted by Gasteiger charge is 2.21. The number of amides is 1. The fourth-order valence-electron chi connectivity index (χ4n) is 1.09. The first kappa shape index (κ1) is 8.96. The molecule has 0 radical (unpaired) electrons. The maximum Gasteiger partial charge on any atom is 0.417 e. The Balaban J connectivity index is 2.32. The maximum absolute atomic E-state index is 11.6. The Kier molecular flexibility index (Phi) is 3.01. The largest absolute Gasteiger partial charge is 0.417 e. The van der Waals surface area contributed by atoms with Crippen molar-refractivity contribution in [2.75, 3.05) is 19.8 Å². The smallest absolute Gasteiger partial charge is 0.374 e. The number of nitrogens with zero attached hydrogens (tertiary/aromatic N) is 1. The fourth-order valence-corrected chi connectivity index (χ4v) is 1.09. The van der Waals surface area contributed by atoms with E-state index in [1.54, 1.807) is 0 Å². The molecule has 0 saturated carbocycles. The lowest BCUT2D eigenvalue weighted by atomic mass is 10.4. The van der Waals surface area contributed by atoms with Crippen molar-refractivity contribution in [3.05, 3.63) is 0 Å². The van der Waals surface area contributed by atoms with Crippen LogP contribution in [-0.2, 0) is 9.53 Å². The average Bonchev–Trinajstić information content (AvgIpc) is 2.56. The molecular weight excluding hydrogens is 165 g/mol. The molecule has 68 valence electrons. The van der Waals surface area contributed by atoms with Gasteiger partial charge in [-0.1, -0.05) is 0 Å². The number of halogens is 1. The molecule has 1 heterocycles. The summed E-state index contributed by atoms with van der Waals surface area (Å²) in [4.78, 5) is 22.7. The molecule has 1 fully saturated rings. The summed E-state index contributed by atoms with van der Waals surface area (Å²) in [7, 11) is 0. The third-order valence-corrected chi connectivity index (χ3v) is 1.67. The topological polar surface area (TPSA) is 46.6 Å². The molecule has 0 aromatic carbocycles. The van der Waals surface area contributed by atoms with E-state index in [9.17, 15) is 14.0 Å². The lowest BCUT2D eigenvalue weighted by molar-refractivity contribution is -0.139. The second kappa shape index (κ2) is 4.04. The number of ether oxygens (including phenoxy) is 1. The zero-order chi connectivity index (χ0) is 8.97. The van der Waals surface area contributed by atoms with Crippen LogP contribution in [0.2, 0.25) is 0 Å². The molecule has 0 bridgehead atoms. The Bertz CT molecular complexity index is 189. The first-order valence-electron chi connectivity index (χ1n) is 3.79. The summed E-state index contributed by atoms with van der Waals surface area (Å²) in [5, 5.41) is 0. The van der Waals surface area contributed by atoms with Gasteiger partial charge in [0.2, 0.25) is 0 Å². The van der Waals surface area contributed by atoms with Crippen molar-refractivity contribution >= 4 is 12.1 Å². The van der Waals surface area contributed by atoms with Crippen LogP contribution >= 0.6 is 0 Å². The Morgan fingerprint density at radius 1 is 1.33 bits per heavy atom. The highest BCUT2D eigenvalue weighted by Crippen LogP contribution is 2.08. The summed E-state index contributed by atoms with van der Waals surface area (Å²) in [6.45, 7) is -0.0591. The quantitative estimate of drug-likeness (QED) is 0.435. The summed E-state index contributed by atoms with van der Waals surface area (Å²) >= 11 is 0. The number of alkyl halides is 1. The van der Waals surface area contributed by atoms with Gasteiger partial charge in [0.25, 0.3) is 0 Å². The van der Waals surface area contributed by atoms with Crippen LogP contribution in [0.25, 0.3) is 0 Å². The van der Waals surface area contributed by atoms with E-state index in [1.165, 1.54) is 4.90 Å². The van der Waals surface area contributed by atoms with Gasteiger partial charge in [0, 0.05) is 13.1 Å². The normalized spacial score (nSPS) is 16.2. The van der Waals surface area contributed by atoms with Crippen molar-refractivity contribution in [3.63, 3.8) is 0 Å². The highest BCUT2D eigenvalue weighted by atomic mass is 19.1. The molecule has 5 heteroatoms. The van der Waals surface area contributed by atoms with Crippen molar-refractivity contribution < 1.29 is 18.7 Å². The highest BCUT2D eigenvalue weighted by molar-refractivity contribution is 5.85. The number of rotatable bonds is 1. The second-order valence-electron chi connectivity index (χ2n) is 2.57. The Morgan fingerprint density at radius 3 is 2.42 bits per heavy atom. The summed E-state index contributed by atoms with van der Waals surface area (Å²) in [6, 6.07) is 0. The van der Waals surface area contributed by atoms with Gasteiger partial charge in [-0.15, -0.1) is 0 Å². The fraction of sp³-hybridized carbons (Fsp3) is 0.714. The molecule has 0 spiro atoms. The molecular formula is C7H10FNO3. The molecule has 0 aromatic rings. The van der Waals surface area contributed by atoms with Gasteiger partial charge < -0.3 is 9.64 Å². The molecule has 0 unspecified atom stereocenters. The van der Waals surface area contributed by atoms with E-state index in [4.69, 9.17) is 0 Å². The third-order valence-electron chi connectivity index (χ3n) is 1.67. The number of carbonyl (C=O) groups excluding carboxylic acids is 2. The summed E-state index contributed by atoms with van der Waals surface area (Å²) in [6.07, 6.45) is 1.10. The van der Waals surface area contributed by atoms with Gasteiger partial charge >= 0.3 is 12.1 Å².